The molecule has 0 spiro atoms. The zero-order valence-corrected chi connectivity index (χ0v) is 17.2. The van der Waals surface area contributed by atoms with Crippen molar-refractivity contribution in [1.29, 1.82) is 5.26 Å². The molecule has 0 atom stereocenters. The van der Waals surface area contributed by atoms with Crippen LogP contribution in [0.25, 0.3) is 16.8 Å². The Morgan fingerprint density at radius 3 is 2.77 bits per heavy atom. The van der Waals surface area contributed by atoms with E-state index in [0.29, 0.717) is 12.0 Å². The predicted molar refractivity (Wildman–Crippen MR) is 120 cm³/mol. The van der Waals surface area contributed by atoms with Crippen molar-refractivity contribution in [3.05, 3.63) is 72.2 Å². The highest BCUT2D eigenvalue weighted by Gasteiger charge is 2.20. The summed E-state index contributed by atoms with van der Waals surface area (Å²) in [6.07, 6.45) is 5.80. The van der Waals surface area contributed by atoms with Crippen molar-refractivity contribution >= 4 is 22.8 Å². The summed E-state index contributed by atoms with van der Waals surface area (Å²) in [4.78, 5) is 0. The minimum Gasteiger partial charge on any atom is -0.382 e. The highest BCUT2D eigenvalue weighted by atomic mass is 15.4. The molecule has 4 aromatic rings. The molecule has 0 fully saturated rings. The Hall–Kier alpha value is -4.25. The molecule has 1 aliphatic rings. The third-order valence-corrected chi connectivity index (χ3v) is 5.08. The molecule has 1 N–H and O–H groups in total. The van der Waals surface area contributed by atoms with Gasteiger partial charge in [-0.1, -0.05) is 12.1 Å². The maximum absolute atomic E-state index is 9.12. The highest BCUT2D eigenvalue weighted by molar-refractivity contribution is 6.17. The molecule has 8 heteroatoms. The van der Waals surface area contributed by atoms with E-state index in [1.165, 1.54) is 0 Å². The summed E-state index contributed by atoms with van der Waals surface area (Å²) in [7, 11) is 0. The number of aromatic nitrogens is 4. The Balaban J connectivity index is 1.52. The molecule has 1 aromatic carbocycles. The topological polar surface area (TPSA) is 95.7 Å². The lowest BCUT2D eigenvalue weighted by molar-refractivity contribution is 0.898. The van der Waals surface area contributed by atoms with Crippen molar-refractivity contribution in [1.82, 2.24) is 19.4 Å². The maximum Gasteiger partial charge on any atom is 0.158 e. The van der Waals surface area contributed by atoms with E-state index in [1.54, 1.807) is 17.1 Å². The van der Waals surface area contributed by atoms with Gasteiger partial charge in [0.15, 0.2) is 5.84 Å². The molecule has 152 valence electrons. The fraction of sp³-hybridized carbons (Fsp3) is 0.174. The number of nitriles is 1. The molecular formula is C23H20N8. The molecule has 5 rings (SSSR count). The molecule has 3 aromatic heterocycles. The lowest BCUT2D eigenvalue weighted by Gasteiger charge is -2.16. The van der Waals surface area contributed by atoms with Crippen molar-refractivity contribution in [3.8, 4) is 17.3 Å². The third kappa shape index (κ3) is 3.46. The average Bonchev–Trinajstić information content (AvgIpc) is 3.52. The lowest BCUT2D eigenvalue weighted by atomic mass is 10.0. The van der Waals surface area contributed by atoms with Crippen molar-refractivity contribution in [2.75, 3.05) is 5.32 Å². The zero-order chi connectivity index (χ0) is 21.4. The molecule has 0 saturated heterocycles. The van der Waals surface area contributed by atoms with Crippen molar-refractivity contribution < 1.29 is 0 Å². The molecule has 1 aliphatic heterocycles. The van der Waals surface area contributed by atoms with Crippen molar-refractivity contribution in [2.45, 2.75) is 26.3 Å². The molecule has 8 nitrogen and oxygen atoms in total. The molecule has 0 radical (unpaired) electrons. The van der Waals surface area contributed by atoms with E-state index < -0.39 is 0 Å². The molecule has 0 amide bonds. The average molecular weight is 408 g/mol. The van der Waals surface area contributed by atoms with E-state index in [0.717, 1.165) is 39.6 Å². The van der Waals surface area contributed by atoms with E-state index >= 15 is 0 Å². The standard InChI is InChI=1S/C23H20N8/c1-15(2)27-20-11-17(22-7-5-18-10-16(13-24)14-26-31(18)22)4-6-19(20)21-12-23(29-28-21)30-9-3-8-25-30/h3-11,14-15,27H,12H2,1-2H3. The number of rotatable bonds is 4. The number of hydrogen-bond acceptors (Lipinski definition) is 6. The minimum atomic E-state index is 0.253. The van der Waals surface area contributed by atoms with Crippen LogP contribution in [0.1, 0.15) is 31.4 Å². The van der Waals surface area contributed by atoms with Crippen LogP contribution in [-0.4, -0.2) is 37.0 Å². The number of nitrogens with zero attached hydrogens (tertiary/aromatic N) is 7. The Bertz CT molecular complexity index is 1370. The Kier molecular flexibility index (Phi) is 4.56. The highest BCUT2D eigenvalue weighted by Crippen LogP contribution is 2.29. The molecule has 0 bridgehead atoms. The Labute approximate surface area is 179 Å². The second-order valence-electron chi connectivity index (χ2n) is 7.66. The lowest BCUT2D eigenvalue weighted by Crippen LogP contribution is -2.17. The van der Waals surface area contributed by atoms with Crippen LogP contribution in [0.5, 0.6) is 0 Å². The van der Waals surface area contributed by atoms with Crippen LogP contribution in [0.3, 0.4) is 0 Å². The summed E-state index contributed by atoms with van der Waals surface area (Å²) in [5, 5.41) is 30.1. The predicted octanol–water partition coefficient (Wildman–Crippen LogP) is 3.94. The summed E-state index contributed by atoms with van der Waals surface area (Å²) in [5.74, 6) is 0.801. The summed E-state index contributed by atoms with van der Waals surface area (Å²) in [5.41, 5.74) is 6.32. The van der Waals surface area contributed by atoms with Gasteiger partial charge >= 0.3 is 0 Å². The monoisotopic (exact) mass is 408 g/mol. The quantitative estimate of drug-likeness (QED) is 0.553. The van der Waals surface area contributed by atoms with Crippen LogP contribution in [0.4, 0.5) is 5.69 Å². The van der Waals surface area contributed by atoms with Gasteiger partial charge in [-0.15, -0.1) is 5.10 Å². The Morgan fingerprint density at radius 2 is 2.00 bits per heavy atom. The smallest absolute Gasteiger partial charge is 0.158 e. The minimum absolute atomic E-state index is 0.253. The summed E-state index contributed by atoms with van der Waals surface area (Å²) < 4.78 is 3.59. The van der Waals surface area contributed by atoms with Crippen molar-refractivity contribution in [3.63, 3.8) is 0 Å². The van der Waals surface area contributed by atoms with Gasteiger partial charge in [0.05, 0.1) is 35.1 Å². The first-order valence-electron chi connectivity index (χ1n) is 10.0. The van der Waals surface area contributed by atoms with Crippen molar-refractivity contribution in [2.24, 2.45) is 10.2 Å². The summed E-state index contributed by atoms with van der Waals surface area (Å²) in [6.45, 7) is 4.21. The Morgan fingerprint density at radius 1 is 1.10 bits per heavy atom. The van der Waals surface area contributed by atoms with Gasteiger partial charge in [0.2, 0.25) is 0 Å². The first-order valence-corrected chi connectivity index (χ1v) is 10.0. The second-order valence-corrected chi connectivity index (χ2v) is 7.66. The first kappa shape index (κ1) is 18.8. The number of hydrogen-bond donors (Lipinski definition) is 1. The van der Waals surface area contributed by atoms with Gasteiger partial charge in [-0.2, -0.15) is 20.6 Å². The van der Waals surface area contributed by atoms with E-state index in [-0.39, 0.29) is 6.04 Å². The molecule has 31 heavy (non-hydrogen) atoms. The largest absolute Gasteiger partial charge is 0.382 e. The number of fused-ring (bicyclic) bond motifs is 1. The van der Waals surface area contributed by atoms with Crippen LogP contribution in [0, 0.1) is 11.3 Å². The molecule has 0 unspecified atom stereocenters. The normalized spacial score (nSPS) is 13.4. The van der Waals surface area contributed by atoms with Gasteiger partial charge in [0, 0.05) is 35.2 Å². The van der Waals surface area contributed by atoms with E-state index in [1.807, 2.05) is 35.0 Å². The van der Waals surface area contributed by atoms with E-state index in [4.69, 9.17) is 5.26 Å². The van der Waals surface area contributed by atoms with Crippen LogP contribution in [0.2, 0.25) is 0 Å². The molecule has 0 aliphatic carbocycles. The van der Waals surface area contributed by atoms with E-state index in [9.17, 15) is 0 Å². The third-order valence-electron chi connectivity index (χ3n) is 5.08. The van der Waals surface area contributed by atoms with Gasteiger partial charge in [-0.25, -0.2) is 9.20 Å². The summed E-state index contributed by atoms with van der Waals surface area (Å²) >= 11 is 0. The zero-order valence-electron chi connectivity index (χ0n) is 17.2. The number of nitrogens with one attached hydrogen (secondary N) is 1. The summed E-state index contributed by atoms with van der Waals surface area (Å²) in [6, 6.07) is 16.3. The number of benzene rings is 1. The van der Waals surface area contributed by atoms with Crippen LogP contribution in [0.15, 0.2) is 71.3 Å². The fourth-order valence-corrected chi connectivity index (χ4v) is 3.70. The second kappa shape index (κ2) is 7.54. The van der Waals surface area contributed by atoms with Crippen LogP contribution >= 0.6 is 0 Å². The van der Waals surface area contributed by atoms with Gasteiger partial charge in [0.1, 0.15) is 6.07 Å². The van der Waals surface area contributed by atoms with Gasteiger partial charge in [-0.3, -0.25) is 0 Å². The van der Waals surface area contributed by atoms with Crippen LogP contribution in [-0.2, 0) is 0 Å². The van der Waals surface area contributed by atoms with Gasteiger partial charge in [0.25, 0.3) is 0 Å². The molecule has 4 heterocycles. The van der Waals surface area contributed by atoms with Crippen LogP contribution < -0.4 is 5.32 Å². The number of anilines is 1. The van der Waals surface area contributed by atoms with Gasteiger partial charge in [-0.05, 0) is 44.2 Å². The fourth-order valence-electron chi connectivity index (χ4n) is 3.70. The molecular weight excluding hydrogens is 388 g/mol. The molecule has 0 saturated carbocycles. The SMILES string of the molecule is CC(C)Nc1cc(-c2ccc3cc(C#N)cnn23)ccc1C1=NN=C(n2cccn2)C1. The van der Waals surface area contributed by atoms with E-state index in [2.05, 4.69) is 63.8 Å². The van der Waals surface area contributed by atoms with Gasteiger partial charge < -0.3 is 5.32 Å². The maximum atomic E-state index is 9.12. The first-order chi connectivity index (χ1) is 15.1.